The highest BCUT2D eigenvalue weighted by Crippen LogP contribution is 2.17. The molecule has 0 fully saturated rings. The summed E-state index contributed by atoms with van der Waals surface area (Å²) in [7, 11) is 0. The van der Waals surface area contributed by atoms with Crippen LogP contribution in [-0.2, 0) is 4.89 Å². The molecule has 1 aromatic carbocycles. The number of benzene rings is 1. The number of hydrogen-bond donors (Lipinski definition) is 1. The Morgan fingerprint density at radius 1 is 1.36 bits per heavy atom. The summed E-state index contributed by atoms with van der Waals surface area (Å²) in [5.74, 6) is 0. The van der Waals surface area contributed by atoms with Crippen molar-refractivity contribution in [2.45, 2.75) is 13.0 Å². The molecule has 60 valence electrons. The number of hydrogen-bond acceptors (Lipinski definition) is 2. The molecule has 1 unspecified atom stereocenters. The first-order valence-electron chi connectivity index (χ1n) is 3.29. The van der Waals surface area contributed by atoms with E-state index in [4.69, 9.17) is 16.9 Å². The van der Waals surface area contributed by atoms with E-state index in [0.717, 1.165) is 5.56 Å². The Morgan fingerprint density at radius 2 is 1.91 bits per heavy atom. The Hall–Kier alpha value is -0.570. The maximum Gasteiger partial charge on any atom is 0.115 e. The molecule has 11 heavy (non-hydrogen) atoms. The SMILES string of the molecule is CC(OO)c1ccc(Cl)cc1. The summed E-state index contributed by atoms with van der Waals surface area (Å²) in [5, 5.41) is 9.00. The van der Waals surface area contributed by atoms with Gasteiger partial charge in [0, 0.05) is 5.02 Å². The minimum Gasteiger partial charge on any atom is -0.251 e. The molecule has 1 aromatic rings. The second-order valence-corrected chi connectivity index (χ2v) is 2.74. The van der Waals surface area contributed by atoms with Gasteiger partial charge in [0.1, 0.15) is 6.10 Å². The third-order valence-electron chi connectivity index (χ3n) is 1.50. The summed E-state index contributed by atoms with van der Waals surface area (Å²) in [6.07, 6.45) is -0.299. The zero-order valence-corrected chi connectivity index (χ0v) is 6.88. The van der Waals surface area contributed by atoms with Gasteiger partial charge < -0.3 is 0 Å². The third-order valence-corrected chi connectivity index (χ3v) is 1.75. The van der Waals surface area contributed by atoms with Crippen molar-refractivity contribution < 1.29 is 10.1 Å². The highest BCUT2D eigenvalue weighted by molar-refractivity contribution is 6.30. The summed E-state index contributed by atoms with van der Waals surface area (Å²) in [5.41, 5.74) is 0.900. The van der Waals surface area contributed by atoms with Crippen LogP contribution in [0.15, 0.2) is 24.3 Å². The second kappa shape index (κ2) is 3.72. The largest absolute Gasteiger partial charge is 0.251 e. The zero-order valence-electron chi connectivity index (χ0n) is 6.12. The molecule has 0 aliphatic carbocycles. The molecule has 3 heteroatoms. The van der Waals surface area contributed by atoms with Gasteiger partial charge in [-0.05, 0) is 24.6 Å². The van der Waals surface area contributed by atoms with Crippen LogP contribution in [0.4, 0.5) is 0 Å². The topological polar surface area (TPSA) is 29.5 Å². The van der Waals surface area contributed by atoms with Gasteiger partial charge >= 0.3 is 0 Å². The minimum atomic E-state index is -0.299. The van der Waals surface area contributed by atoms with Gasteiger partial charge in [-0.3, -0.25) is 5.26 Å². The van der Waals surface area contributed by atoms with Crippen molar-refractivity contribution in [3.8, 4) is 0 Å². The molecule has 1 atom stereocenters. The smallest absolute Gasteiger partial charge is 0.115 e. The van der Waals surface area contributed by atoms with Crippen molar-refractivity contribution in [2.75, 3.05) is 0 Å². The fourth-order valence-electron chi connectivity index (χ4n) is 0.795. The van der Waals surface area contributed by atoms with E-state index in [9.17, 15) is 0 Å². The maximum absolute atomic E-state index is 8.32. The fraction of sp³-hybridized carbons (Fsp3) is 0.250. The molecule has 0 aromatic heterocycles. The maximum atomic E-state index is 8.32. The molecular formula is C8H9ClO2. The molecule has 1 rings (SSSR count). The van der Waals surface area contributed by atoms with Gasteiger partial charge in [0.15, 0.2) is 0 Å². The van der Waals surface area contributed by atoms with E-state index in [1.54, 1.807) is 19.1 Å². The summed E-state index contributed by atoms with van der Waals surface area (Å²) < 4.78 is 0. The van der Waals surface area contributed by atoms with E-state index < -0.39 is 0 Å². The second-order valence-electron chi connectivity index (χ2n) is 2.30. The van der Waals surface area contributed by atoms with Gasteiger partial charge in [0.25, 0.3) is 0 Å². The molecule has 0 radical (unpaired) electrons. The van der Waals surface area contributed by atoms with Crippen LogP contribution in [0.5, 0.6) is 0 Å². The highest BCUT2D eigenvalue weighted by atomic mass is 35.5. The van der Waals surface area contributed by atoms with E-state index in [-0.39, 0.29) is 6.10 Å². The molecule has 1 N–H and O–H groups in total. The molecule has 2 nitrogen and oxygen atoms in total. The quantitative estimate of drug-likeness (QED) is 0.549. The van der Waals surface area contributed by atoms with E-state index in [2.05, 4.69) is 4.89 Å². The fourth-order valence-corrected chi connectivity index (χ4v) is 0.921. The molecule has 0 aliphatic rings. The predicted octanol–water partition coefficient (Wildman–Crippen LogP) is 2.89. The monoisotopic (exact) mass is 172 g/mol. The first-order chi connectivity index (χ1) is 5.24. The Labute approximate surface area is 70.3 Å². The van der Waals surface area contributed by atoms with Crippen molar-refractivity contribution in [1.82, 2.24) is 0 Å². The highest BCUT2D eigenvalue weighted by Gasteiger charge is 2.03. The molecule has 0 amide bonds. The number of halogens is 1. The lowest BCUT2D eigenvalue weighted by Gasteiger charge is -2.06. The molecule has 0 aliphatic heterocycles. The zero-order chi connectivity index (χ0) is 8.27. The van der Waals surface area contributed by atoms with Crippen LogP contribution < -0.4 is 0 Å². The van der Waals surface area contributed by atoms with Gasteiger partial charge in [-0.25, -0.2) is 4.89 Å². The molecule has 0 saturated heterocycles. The van der Waals surface area contributed by atoms with Crippen LogP contribution in [0.3, 0.4) is 0 Å². The summed E-state index contributed by atoms with van der Waals surface area (Å²) in [6, 6.07) is 7.13. The lowest BCUT2D eigenvalue weighted by Crippen LogP contribution is -1.94. The normalized spacial score (nSPS) is 13.0. The van der Waals surface area contributed by atoms with Gasteiger partial charge in [-0.15, -0.1) is 0 Å². The third kappa shape index (κ3) is 2.19. The summed E-state index contributed by atoms with van der Waals surface area (Å²) >= 11 is 5.66. The number of rotatable bonds is 2. The van der Waals surface area contributed by atoms with E-state index in [0.29, 0.717) is 5.02 Å². The Balaban J connectivity index is 2.81. The first kappa shape index (κ1) is 8.53. The minimum absolute atomic E-state index is 0.299. The summed E-state index contributed by atoms with van der Waals surface area (Å²) in [4.78, 5) is 4.13. The van der Waals surface area contributed by atoms with Gasteiger partial charge in [-0.2, -0.15) is 0 Å². The van der Waals surface area contributed by atoms with Crippen LogP contribution in [0.25, 0.3) is 0 Å². The summed E-state index contributed by atoms with van der Waals surface area (Å²) in [6.45, 7) is 1.75. The van der Waals surface area contributed by atoms with Crippen LogP contribution in [-0.4, -0.2) is 5.26 Å². The Bertz CT molecular complexity index is 220. The Morgan fingerprint density at radius 3 is 2.36 bits per heavy atom. The van der Waals surface area contributed by atoms with Crippen LogP contribution in [0, 0.1) is 0 Å². The van der Waals surface area contributed by atoms with Crippen LogP contribution >= 0.6 is 11.6 Å². The van der Waals surface area contributed by atoms with E-state index in [1.165, 1.54) is 0 Å². The predicted molar refractivity (Wildman–Crippen MR) is 43.6 cm³/mol. The van der Waals surface area contributed by atoms with Crippen molar-refractivity contribution in [1.29, 1.82) is 0 Å². The standard InChI is InChI=1S/C8H9ClO2/c1-6(11-10)7-2-4-8(9)5-3-7/h2-6,10H,1H3. The van der Waals surface area contributed by atoms with Crippen molar-refractivity contribution in [3.05, 3.63) is 34.9 Å². The first-order valence-corrected chi connectivity index (χ1v) is 3.67. The van der Waals surface area contributed by atoms with Gasteiger partial charge in [0.2, 0.25) is 0 Å². The lowest BCUT2D eigenvalue weighted by molar-refractivity contribution is -0.277. The average Bonchev–Trinajstić information content (AvgIpc) is 2.05. The molecule has 0 bridgehead atoms. The van der Waals surface area contributed by atoms with Gasteiger partial charge in [0.05, 0.1) is 0 Å². The molecular weight excluding hydrogens is 164 g/mol. The van der Waals surface area contributed by atoms with Crippen LogP contribution in [0.2, 0.25) is 5.02 Å². The lowest BCUT2D eigenvalue weighted by atomic mass is 10.1. The molecule has 0 spiro atoms. The molecule has 0 heterocycles. The average molecular weight is 173 g/mol. The Kier molecular flexibility index (Phi) is 2.88. The van der Waals surface area contributed by atoms with Crippen molar-refractivity contribution >= 4 is 11.6 Å². The van der Waals surface area contributed by atoms with Gasteiger partial charge in [-0.1, -0.05) is 23.7 Å². The van der Waals surface area contributed by atoms with Crippen molar-refractivity contribution in [3.63, 3.8) is 0 Å². The van der Waals surface area contributed by atoms with Crippen LogP contribution in [0.1, 0.15) is 18.6 Å². The molecule has 0 saturated carbocycles. The van der Waals surface area contributed by atoms with E-state index >= 15 is 0 Å². The van der Waals surface area contributed by atoms with E-state index in [1.807, 2.05) is 12.1 Å². The van der Waals surface area contributed by atoms with Crippen molar-refractivity contribution in [2.24, 2.45) is 0 Å².